The molecule has 1 spiro atoms. The number of rotatable bonds is 3. The highest BCUT2D eigenvalue weighted by Gasteiger charge is 2.63. The minimum absolute atomic E-state index is 0.0230. The van der Waals surface area contributed by atoms with E-state index in [9.17, 15) is 4.79 Å². The van der Waals surface area contributed by atoms with Gasteiger partial charge < -0.3 is 4.90 Å². The van der Waals surface area contributed by atoms with Gasteiger partial charge in [0.25, 0.3) is 0 Å². The lowest BCUT2D eigenvalue weighted by atomic mass is 9.95. The van der Waals surface area contributed by atoms with Gasteiger partial charge in [0.05, 0.1) is 0 Å². The van der Waals surface area contributed by atoms with Gasteiger partial charge in [0.1, 0.15) is 11.7 Å². The molecule has 102 valence electrons. The van der Waals surface area contributed by atoms with Crippen molar-refractivity contribution in [2.75, 3.05) is 0 Å². The largest absolute Gasteiger partial charge is 0.315 e. The van der Waals surface area contributed by atoms with Crippen LogP contribution in [0.3, 0.4) is 0 Å². The lowest BCUT2D eigenvalue weighted by molar-refractivity contribution is -0.136. The molecule has 1 aromatic heterocycles. The van der Waals surface area contributed by atoms with Crippen molar-refractivity contribution < 1.29 is 4.79 Å². The fourth-order valence-electron chi connectivity index (χ4n) is 3.45. The first-order valence-corrected chi connectivity index (χ1v) is 8.07. The number of nitrogens with zero attached hydrogens (tertiary/aromatic N) is 1. The zero-order valence-corrected chi connectivity index (χ0v) is 12.3. The lowest BCUT2D eigenvalue weighted by Gasteiger charge is -2.39. The Morgan fingerprint density at radius 2 is 2.16 bits per heavy atom. The molecule has 1 aromatic rings. The Morgan fingerprint density at radius 1 is 1.42 bits per heavy atom. The third kappa shape index (κ3) is 1.62. The number of thiophene rings is 1. The second-order valence-electron chi connectivity index (χ2n) is 6.75. The summed E-state index contributed by atoms with van der Waals surface area (Å²) in [5.41, 5.74) is -0.244. The first-order chi connectivity index (χ1) is 9.05. The Bertz CT molecular complexity index is 514. The van der Waals surface area contributed by atoms with Crippen molar-refractivity contribution in [3.8, 4) is 0 Å². The third-order valence-corrected chi connectivity index (χ3v) is 5.98. The van der Waals surface area contributed by atoms with Gasteiger partial charge in [0, 0.05) is 10.4 Å². The first-order valence-electron chi connectivity index (χ1n) is 7.19. The van der Waals surface area contributed by atoms with Crippen LogP contribution >= 0.6 is 11.3 Å². The number of nitrogens with one attached hydrogen (secondary N) is 1. The van der Waals surface area contributed by atoms with E-state index in [1.54, 1.807) is 11.3 Å². The summed E-state index contributed by atoms with van der Waals surface area (Å²) in [6.45, 7) is 4.48. The van der Waals surface area contributed by atoms with E-state index in [0.29, 0.717) is 11.8 Å². The van der Waals surface area contributed by atoms with Gasteiger partial charge in [-0.15, -0.1) is 11.3 Å². The molecular weight excluding hydrogens is 256 g/mol. The summed E-state index contributed by atoms with van der Waals surface area (Å²) in [5.74, 6) is 1.01. The normalized spacial score (nSPS) is 29.3. The molecule has 4 heteroatoms. The van der Waals surface area contributed by atoms with E-state index in [1.807, 2.05) is 0 Å². The van der Waals surface area contributed by atoms with Crippen LogP contribution in [-0.2, 0) is 4.79 Å². The van der Waals surface area contributed by atoms with Gasteiger partial charge in [-0.2, -0.15) is 0 Å². The van der Waals surface area contributed by atoms with E-state index in [0.717, 1.165) is 12.8 Å². The van der Waals surface area contributed by atoms with Gasteiger partial charge in [0.15, 0.2) is 0 Å². The van der Waals surface area contributed by atoms with E-state index in [-0.39, 0.29) is 17.2 Å². The fourth-order valence-corrected chi connectivity index (χ4v) is 4.21. The van der Waals surface area contributed by atoms with Gasteiger partial charge >= 0.3 is 0 Å². The fraction of sp³-hybridized carbons (Fsp3) is 0.667. The summed E-state index contributed by atoms with van der Waals surface area (Å²) in [7, 11) is 0. The zero-order chi connectivity index (χ0) is 13.3. The molecule has 19 heavy (non-hydrogen) atoms. The highest BCUT2D eigenvalue weighted by Crippen LogP contribution is 2.53. The Balaban J connectivity index is 1.74. The molecule has 1 unspecified atom stereocenters. The van der Waals surface area contributed by atoms with Crippen LogP contribution in [-0.4, -0.2) is 21.9 Å². The summed E-state index contributed by atoms with van der Waals surface area (Å²) in [4.78, 5) is 16.3. The summed E-state index contributed by atoms with van der Waals surface area (Å²) >= 11 is 1.75. The average Bonchev–Trinajstić information content (AvgIpc) is 3.26. The van der Waals surface area contributed by atoms with E-state index in [2.05, 4.69) is 41.6 Å². The van der Waals surface area contributed by atoms with Gasteiger partial charge in [-0.25, -0.2) is 0 Å². The quantitative estimate of drug-likeness (QED) is 0.920. The van der Waals surface area contributed by atoms with Crippen LogP contribution < -0.4 is 5.32 Å². The van der Waals surface area contributed by atoms with Crippen LogP contribution in [0.1, 0.15) is 50.6 Å². The summed E-state index contributed by atoms with van der Waals surface area (Å²) in [6, 6.07) is 4.22. The predicted octanol–water partition coefficient (Wildman–Crippen LogP) is 2.90. The highest BCUT2D eigenvalue weighted by atomic mass is 32.1. The predicted molar refractivity (Wildman–Crippen MR) is 75.8 cm³/mol. The molecule has 0 radical (unpaired) electrons. The zero-order valence-electron chi connectivity index (χ0n) is 11.5. The van der Waals surface area contributed by atoms with Crippen molar-refractivity contribution in [3.63, 3.8) is 0 Å². The van der Waals surface area contributed by atoms with Crippen molar-refractivity contribution in [2.24, 2.45) is 5.92 Å². The molecule has 3 nitrogen and oxygen atoms in total. The lowest BCUT2D eigenvalue weighted by Crippen LogP contribution is -2.49. The van der Waals surface area contributed by atoms with Gasteiger partial charge in [-0.05, 0) is 56.9 Å². The summed E-state index contributed by atoms with van der Waals surface area (Å²) < 4.78 is 0. The Hall–Kier alpha value is -0.870. The molecule has 2 saturated carbocycles. The van der Waals surface area contributed by atoms with Gasteiger partial charge in [0.2, 0.25) is 5.91 Å². The Kier molecular flexibility index (Phi) is 2.26. The van der Waals surface area contributed by atoms with E-state index in [1.165, 1.54) is 17.7 Å². The number of carbonyl (C=O) groups is 1. The van der Waals surface area contributed by atoms with Crippen molar-refractivity contribution in [1.29, 1.82) is 0 Å². The minimum atomic E-state index is -0.221. The molecule has 1 amide bonds. The topological polar surface area (TPSA) is 32.3 Å². The average molecular weight is 276 g/mol. The maximum Gasteiger partial charge on any atom is 0.244 e. The number of hydrogen-bond acceptors (Lipinski definition) is 3. The van der Waals surface area contributed by atoms with Crippen LogP contribution in [0.5, 0.6) is 0 Å². The van der Waals surface area contributed by atoms with E-state index < -0.39 is 0 Å². The van der Waals surface area contributed by atoms with Crippen LogP contribution in [0.15, 0.2) is 17.5 Å². The molecule has 3 fully saturated rings. The molecule has 2 aliphatic carbocycles. The van der Waals surface area contributed by atoms with E-state index in [4.69, 9.17) is 0 Å². The minimum Gasteiger partial charge on any atom is -0.315 e. The second kappa shape index (κ2) is 3.61. The Labute approximate surface area is 118 Å². The number of hydrogen-bond donors (Lipinski definition) is 1. The van der Waals surface area contributed by atoms with Gasteiger partial charge in [-0.1, -0.05) is 6.07 Å². The van der Waals surface area contributed by atoms with Gasteiger partial charge in [-0.3, -0.25) is 10.1 Å². The molecule has 1 aliphatic heterocycles. The van der Waals surface area contributed by atoms with Crippen molar-refractivity contribution in [1.82, 2.24) is 10.2 Å². The number of carbonyl (C=O) groups excluding carboxylic acids is 1. The monoisotopic (exact) mass is 276 g/mol. The summed E-state index contributed by atoms with van der Waals surface area (Å²) in [6.07, 6.45) is 4.63. The van der Waals surface area contributed by atoms with Crippen LogP contribution in [0.25, 0.3) is 0 Å². The SMILES string of the molecule is CC(C)(C1CC1)N1C(=O)C2(CC2)NC1c1cccs1. The molecule has 1 N–H and O–H groups in total. The smallest absolute Gasteiger partial charge is 0.244 e. The maximum atomic E-state index is 12.8. The number of amides is 1. The molecule has 0 bridgehead atoms. The third-order valence-electron chi connectivity index (χ3n) is 5.06. The van der Waals surface area contributed by atoms with Crippen molar-refractivity contribution >= 4 is 17.2 Å². The highest BCUT2D eigenvalue weighted by molar-refractivity contribution is 7.10. The molecule has 1 saturated heterocycles. The molecule has 1 atom stereocenters. The molecule has 0 aromatic carbocycles. The maximum absolute atomic E-state index is 12.8. The second-order valence-corrected chi connectivity index (χ2v) is 7.73. The summed E-state index contributed by atoms with van der Waals surface area (Å²) in [5, 5.41) is 5.72. The first kappa shape index (κ1) is 11.9. The molecular formula is C15H20N2OS. The van der Waals surface area contributed by atoms with Crippen molar-refractivity contribution in [2.45, 2.75) is 56.8 Å². The van der Waals surface area contributed by atoms with Crippen molar-refractivity contribution in [3.05, 3.63) is 22.4 Å². The molecule has 4 rings (SSSR count). The Morgan fingerprint density at radius 3 is 2.68 bits per heavy atom. The standard InChI is InChI=1S/C15H20N2OS/c1-14(2,10-5-6-10)17-12(11-4-3-9-19-11)16-15(7-8-15)13(17)18/h3-4,9-10,12,16H,5-8H2,1-2H3. The van der Waals surface area contributed by atoms with E-state index >= 15 is 0 Å². The molecule has 2 heterocycles. The van der Waals surface area contributed by atoms with Crippen LogP contribution in [0.4, 0.5) is 0 Å². The molecule has 3 aliphatic rings. The van der Waals surface area contributed by atoms with Crippen LogP contribution in [0.2, 0.25) is 0 Å². The van der Waals surface area contributed by atoms with Crippen LogP contribution in [0, 0.1) is 5.92 Å².